The molecule has 19 heavy (non-hydrogen) atoms. The van der Waals surface area contributed by atoms with Crippen LogP contribution in [0.3, 0.4) is 0 Å². The third-order valence-electron chi connectivity index (χ3n) is 2.74. The number of carboxylic acid groups (broad SMARTS) is 1. The van der Waals surface area contributed by atoms with Crippen LogP contribution in [0.1, 0.15) is 40.5 Å². The first kappa shape index (κ1) is 15.9. The van der Waals surface area contributed by atoms with Crippen molar-refractivity contribution in [3.05, 3.63) is 35.4 Å². The number of hydrogen-bond donors (Lipinski definition) is 0. The number of rotatable bonds is 4. The number of benzene rings is 1. The predicted molar refractivity (Wildman–Crippen MR) is 62.3 cm³/mol. The number of carbonyl (C=O) groups is 2. The number of oxime groups is 1. The van der Waals surface area contributed by atoms with Gasteiger partial charge in [0.05, 0.1) is 18.1 Å². The second-order valence-corrected chi connectivity index (χ2v) is 4.22. The van der Waals surface area contributed by atoms with E-state index in [1.807, 2.05) is 6.92 Å². The van der Waals surface area contributed by atoms with Gasteiger partial charge in [-0.25, -0.2) is 0 Å². The van der Waals surface area contributed by atoms with Gasteiger partial charge >= 0.3 is 29.6 Å². The minimum Gasteiger partial charge on any atom is -0.545 e. The Morgan fingerprint density at radius 3 is 2.53 bits per heavy atom. The van der Waals surface area contributed by atoms with Crippen LogP contribution in [0.25, 0.3) is 0 Å². The van der Waals surface area contributed by atoms with Gasteiger partial charge in [-0.1, -0.05) is 29.4 Å². The Hall–Kier alpha value is -1.17. The normalized spacial score (nSPS) is 17.1. The molecule has 0 bridgehead atoms. The van der Waals surface area contributed by atoms with Crippen molar-refractivity contribution in [2.45, 2.75) is 25.9 Å². The van der Waals surface area contributed by atoms with Gasteiger partial charge in [0, 0.05) is 17.5 Å². The minimum absolute atomic E-state index is 0. The van der Waals surface area contributed by atoms with Gasteiger partial charge in [-0.2, -0.15) is 0 Å². The molecule has 0 aliphatic carbocycles. The minimum atomic E-state index is -1.35. The van der Waals surface area contributed by atoms with Gasteiger partial charge in [0.2, 0.25) is 0 Å². The monoisotopic (exact) mass is 269 g/mol. The first-order chi connectivity index (χ1) is 8.58. The average molecular weight is 269 g/mol. The van der Waals surface area contributed by atoms with E-state index in [1.165, 1.54) is 12.1 Å². The molecule has 1 atom stereocenters. The summed E-state index contributed by atoms with van der Waals surface area (Å²) in [7, 11) is 0. The van der Waals surface area contributed by atoms with Crippen LogP contribution in [-0.4, -0.2) is 23.6 Å². The summed E-state index contributed by atoms with van der Waals surface area (Å²) < 4.78 is 0. The molecular weight excluding hydrogens is 257 g/mol. The maximum absolute atomic E-state index is 12.0. The topological polar surface area (TPSA) is 78.8 Å². The zero-order valence-corrected chi connectivity index (χ0v) is 12.9. The zero-order valence-electron chi connectivity index (χ0n) is 10.9. The molecule has 1 aromatic rings. The van der Waals surface area contributed by atoms with E-state index in [2.05, 4.69) is 5.16 Å². The summed E-state index contributed by atoms with van der Waals surface area (Å²) in [5, 5.41) is 14.7. The van der Waals surface area contributed by atoms with Crippen LogP contribution in [-0.2, 0) is 4.84 Å². The summed E-state index contributed by atoms with van der Waals surface area (Å²) in [6, 6.07) is 6.02. The molecule has 1 aromatic carbocycles. The van der Waals surface area contributed by atoms with Gasteiger partial charge in [0.15, 0.2) is 5.78 Å². The Morgan fingerprint density at radius 1 is 1.37 bits per heavy atom. The quantitative estimate of drug-likeness (QED) is 0.458. The van der Waals surface area contributed by atoms with Crippen molar-refractivity contribution in [1.29, 1.82) is 0 Å². The van der Waals surface area contributed by atoms with Crippen LogP contribution in [0.2, 0.25) is 0 Å². The molecule has 0 saturated heterocycles. The van der Waals surface area contributed by atoms with E-state index in [0.29, 0.717) is 6.42 Å². The molecule has 5 nitrogen and oxygen atoms in total. The summed E-state index contributed by atoms with van der Waals surface area (Å²) in [6.45, 7) is 1.82. The number of nitrogens with zero attached hydrogens (tertiary/aromatic N) is 1. The Kier molecular flexibility index (Phi) is 5.72. The molecule has 0 N–H and O–H groups in total. The number of carbonyl (C=O) groups excluding carboxylic acids is 2. The van der Waals surface area contributed by atoms with Gasteiger partial charge < -0.3 is 14.7 Å². The van der Waals surface area contributed by atoms with Crippen LogP contribution in [0.15, 0.2) is 29.4 Å². The average Bonchev–Trinajstić information content (AvgIpc) is 2.74. The molecule has 94 valence electrons. The van der Waals surface area contributed by atoms with Gasteiger partial charge in [-0.3, -0.25) is 4.79 Å². The number of ketones is 1. The molecule has 0 radical (unpaired) electrons. The van der Waals surface area contributed by atoms with Crippen molar-refractivity contribution >= 4 is 17.5 Å². The van der Waals surface area contributed by atoms with E-state index in [9.17, 15) is 14.7 Å². The largest absolute Gasteiger partial charge is 1.00 e. The smallest absolute Gasteiger partial charge is 0.545 e. The van der Waals surface area contributed by atoms with Crippen molar-refractivity contribution in [1.82, 2.24) is 0 Å². The van der Waals surface area contributed by atoms with Crippen molar-refractivity contribution in [3.63, 3.8) is 0 Å². The van der Waals surface area contributed by atoms with Crippen molar-refractivity contribution < 1.29 is 49.1 Å². The van der Waals surface area contributed by atoms with E-state index in [-0.39, 0.29) is 59.0 Å². The summed E-state index contributed by atoms with van der Waals surface area (Å²) in [6.07, 6.45) is 0.414. The first-order valence-electron chi connectivity index (χ1n) is 5.61. The molecular formula is C13H12NNaO4. The van der Waals surface area contributed by atoms with Crippen molar-refractivity contribution in [2.24, 2.45) is 5.16 Å². The van der Waals surface area contributed by atoms with E-state index >= 15 is 0 Å². The third kappa shape index (κ3) is 3.89. The summed E-state index contributed by atoms with van der Waals surface area (Å²) in [4.78, 5) is 28.0. The van der Waals surface area contributed by atoms with Gasteiger partial charge in [-0.15, -0.1) is 0 Å². The molecule has 2 rings (SSSR count). The van der Waals surface area contributed by atoms with Crippen molar-refractivity contribution in [2.75, 3.05) is 0 Å². The number of hydrogen-bond acceptors (Lipinski definition) is 5. The molecule has 0 amide bonds. The Labute approximate surface area is 132 Å². The van der Waals surface area contributed by atoms with E-state index < -0.39 is 5.97 Å². The second-order valence-electron chi connectivity index (χ2n) is 4.22. The molecule has 6 heteroatoms. The maximum atomic E-state index is 12.0. The summed E-state index contributed by atoms with van der Waals surface area (Å²) in [5.41, 5.74) is 0.907. The molecule has 0 aromatic heterocycles. The Bertz CT molecular complexity index is 527. The Morgan fingerprint density at radius 2 is 2.00 bits per heavy atom. The Balaban J connectivity index is 0.00000180. The van der Waals surface area contributed by atoms with Gasteiger partial charge in [0.1, 0.15) is 6.10 Å². The number of aromatic carboxylic acids is 1. The maximum Gasteiger partial charge on any atom is 1.00 e. The van der Waals surface area contributed by atoms with Crippen molar-refractivity contribution in [3.8, 4) is 0 Å². The standard InChI is InChI=1S/C13H13NO4.Na/c1-8-6-9(18-14-8)7-12(15)10-4-2-3-5-11(10)13(16)17;/h2-5,9H,6-7H2,1H3,(H,16,17);/q;+1/p-1. The second kappa shape index (κ2) is 6.84. The zero-order chi connectivity index (χ0) is 13.1. The molecule has 1 aliphatic heterocycles. The molecule has 1 aliphatic rings. The van der Waals surface area contributed by atoms with E-state index in [4.69, 9.17) is 4.84 Å². The molecule has 1 heterocycles. The first-order valence-corrected chi connectivity index (χ1v) is 5.61. The fourth-order valence-corrected chi connectivity index (χ4v) is 1.90. The summed E-state index contributed by atoms with van der Waals surface area (Å²) in [5.74, 6) is -1.62. The van der Waals surface area contributed by atoms with E-state index in [1.54, 1.807) is 12.1 Å². The fraction of sp³-hybridized carbons (Fsp3) is 0.308. The molecule has 0 fully saturated rings. The SMILES string of the molecule is CC1=NOC(CC(=O)c2ccccc2C(=O)[O-])C1.[Na+]. The fourth-order valence-electron chi connectivity index (χ4n) is 1.90. The van der Waals surface area contributed by atoms with Crippen LogP contribution in [0.5, 0.6) is 0 Å². The van der Waals surface area contributed by atoms with Crippen LogP contribution >= 0.6 is 0 Å². The van der Waals surface area contributed by atoms with Crippen LogP contribution < -0.4 is 34.7 Å². The molecule has 0 saturated carbocycles. The third-order valence-corrected chi connectivity index (χ3v) is 2.74. The molecule has 1 unspecified atom stereocenters. The van der Waals surface area contributed by atoms with Gasteiger partial charge in [-0.05, 0) is 6.92 Å². The van der Waals surface area contributed by atoms with Gasteiger partial charge in [0.25, 0.3) is 0 Å². The predicted octanol–water partition coefficient (Wildman–Crippen LogP) is -2.21. The number of Topliss-reactive ketones (excluding diaryl/α,β-unsaturated/α-hetero) is 1. The number of carboxylic acids is 1. The molecule has 0 spiro atoms. The van der Waals surface area contributed by atoms with E-state index in [0.717, 1.165) is 5.71 Å². The summed E-state index contributed by atoms with van der Waals surface area (Å²) >= 11 is 0. The van der Waals surface area contributed by atoms with Crippen LogP contribution in [0.4, 0.5) is 0 Å². The van der Waals surface area contributed by atoms with Crippen LogP contribution in [0, 0.1) is 0 Å².